The first-order valence-electron chi connectivity index (χ1n) is 9.48. The Kier molecular flexibility index (Phi) is 6.44. The van der Waals surface area contributed by atoms with Crippen molar-refractivity contribution in [3.8, 4) is 11.3 Å². The lowest BCUT2D eigenvalue weighted by molar-refractivity contribution is -0.385. The Bertz CT molecular complexity index is 1330. The van der Waals surface area contributed by atoms with Gasteiger partial charge in [0.1, 0.15) is 0 Å². The molecule has 0 radical (unpaired) electrons. The zero-order chi connectivity index (χ0) is 23.8. The SMILES string of the molecule is Cc1ccc(-c2csc(NC(=O)c3cc(C)c(C)c(S(=O)(=O)N(C)C)c3)n2)cc1[N+](=O)[O-]. The van der Waals surface area contributed by atoms with Crippen LogP contribution in [0.4, 0.5) is 10.8 Å². The van der Waals surface area contributed by atoms with Crippen molar-refractivity contribution in [3.05, 3.63) is 68.1 Å². The Morgan fingerprint density at radius 3 is 2.44 bits per heavy atom. The van der Waals surface area contributed by atoms with E-state index in [0.717, 1.165) is 4.31 Å². The molecular weight excluding hydrogens is 452 g/mol. The lowest BCUT2D eigenvalue weighted by Crippen LogP contribution is -2.24. The minimum Gasteiger partial charge on any atom is -0.298 e. The molecule has 0 aliphatic carbocycles. The summed E-state index contributed by atoms with van der Waals surface area (Å²) in [5, 5.41) is 15.8. The highest BCUT2D eigenvalue weighted by Crippen LogP contribution is 2.30. The van der Waals surface area contributed by atoms with Crippen LogP contribution in [0.2, 0.25) is 0 Å². The van der Waals surface area contributed by atoms with Gasteiger partial charge in [0.05, 0.1) is 15.5 Å². The van der Waals surface area contributed by atoms with Crippen LogP contribution in [0.5, 0.6) is 0 Å². The van der Waals surface area contributed by atoms with Gasteiger partial charge in [-0.3, -0.25) is 20.2 Å². The van der Waals surface area contributed by atoms with Gasteiger partial charge in [0.15, 0.2) is 5.13 Å². The van der Waals surface area contributed by atoms with E-state index in [1.807, 2.05) is 0 Å². The normalized spacial score (nSPS) is 11.6. The fourth-order valence-corrected chi connectivity index (χ4v) is 4.95. The maximum Gasteiger partial charge on any atom is 0.272 e. The van der Waals surface area contributed by atoms with Crippen LogP contribution < -0.4 is 5.32 Å². The summed E-state index contributed by atoms with van der Waals surface area (Å²) >= 11 is 1.17. The van der Waals surface area contributed by atoms with Gasteiger partial charge in [-0.15, -0.1) is 11.3 Å². The molecule has 1 aromatic heterocycles. The van der Waals surface area contributed by atoms with E-state index in [1.54, 1.807) is 44.4 Å². The number of nitro groups is 1. The van der Waals surface area contributed by atoms with Crippen molar-refractivity contribution >= 4 is 38.1 Å². The van der Waals surface area contributed by atoms with E-state index >= 15 is 0 Å². The number of rotatable bonds is 6. The average molecular weight is 475 g/mol. The number of aryl methyl sites for hydroxylation is 2. The minimum absolute atomic E-state index is 0.00847. The highest BCUT2D eigenvalue weighted by Gasteiger charge is 2.23. The fourth-order valence-electron chi connectivity index (χ4n) is 3.02. The number of hydrogen-bond donors (Lipinski definition) is 1. The molecule has 1 heterocycles. The van der Waals surface area contributed by atoms with Crippen LogP contribution >= 0.6 is 11.3 Å². The fraction of sp³-hybridized carbons (Fsp3) is 0.238. The van der Waals surface area contributed by atoms with Crippen LogP contribution in [-0.4, -0.2) is 42.6 Å². The molecule has 1 N–H and O–H groups in total. The van der Waals surface area contributed by atoms with Crippen molar-refractivity contribution < 1.29 is 18.1 Å². The summed E-state index contributed by atoms with van der Waals surface area (Å²) in [6.45, 7) is 5.09. The van der Waals surface area contributed by atoms with E-state index in [-0.39, 0.29) is 16.1 Å². The van der Waals surface area contributed by atoms with Crippen molar-refractivity contribution in [2.24, 2.45) is 0 Å². The van der Waals surface area contributed by atoms with Gasteiger partial charge in [-0.05, 0) is 44.0 Å². The second kappa shape index (κ2) is 8.77. The van der Waals surface area contributed by atoms with Crippen LogP contribution in [0.1, 0.15) is 27.0 Å². The van der Waals surface area contributed by atoms with Gasteiger partial charge in [-0.25, -0.2) is 17.7 Å². The Balaban J connectivity index is 1.90. The average Bonchev–Trinajstić information content (AvgIpc) is 3.18. The summed E-state index contributed by atoms with van der Waals surface area (Å²) < 4.78 is 26.4. The summed E-state index contributed by atoms with van der Waals surface area (Å²) in [4.78, 5) is 28.0. The van der Waals surface area contributed by atoms with Crippen LogP contribution in [0.15, 0.2) is 40.6 Å². The van der Waals surface area contributed by atoms with Crippen molar-refractivity contribution in [1.29, 1.82) is 0 Å². The zero-order valence-corrected chi connectivity index (χ0v) is 19.8. The smallest absolute Gasteiger partial charge is 0.272 e. The van der Waals surface area contributed by atoms with Crippen LogP contribution in [0.25, 0.3) is 11.3 Å². The maximum absolute atomic E-state index is 12.8. The third-order valence-electron chi connectivity index (χ3n) is 5.07. The van der Waals surface area contributed by atoms with E-state index in [0.29, 0.717) is 33.1 Å². The van der Waals surface area contributed by atoms with Gasteiger partial charge >= 0.3 is 0 Å². The second-order valence-electron chi connectivity index (χ2n) is 7.45. The number of benzene rings is 2. The largest absolute Gasteiger partial charge is 0.298 e. The van der Waals surface area contributed by atoms with Crippen molar-refractivity contribution in [2.75, 3.05) is 19.4 Å². The van der Waals surface area contributed by atoms with Gasteiger partial charge in [-0.1, -0.05) is 12.1 Å². The summed E-state index contributed by atoms with van der Waals surface area (Å²) in [5.41, 5.74) is 3.02. The molecule has 0 aliphatic rings. The minimum atomic E-state index is -3.72. The van der Waals surface area contributed by atoms with Crippen LogP contribution in [0, 0.1) is 30.9 Å². The number of nitrogens with one attached hydrogen (secondary N) is 1. The van der Waals surface area contributed by atoms with Crippen molar-refractivity contribution in [2.45, 2.75) is 25.7 Å². The Hall–Kier alpha value is -3.15. The van der Waals surface area contributed by atoms with Crippen LogP contribution in [-0.2, 0) is 10.0 Å². The summed E-state index contributed by atoms with van der Waals surface area (Å²) in [7, 11) is -0.852. The van der Waals surface area contributed by atoms with Gasteiger partial charge in [0.2, 0.25) is 10.0 Å². The number of carbonyl (C=O) groups is 1. The molecule has 0 spiro atoms. The van der Waals surface area contributed by atoms with Crippen molar-refractivity contribution in [1.82, 2.24) is 9.29 Å². The first kappa shape index (κ1) is 23.5. The third-order valence-corrected chi connectivity index (χ3v) is 7.77. The molecule has 3 aromatic rings. The van der Waals surface area contributed by atoms with Gasteiger partial charge in [0, 0.05) is 42.2 Å². The van der Waals surface area contributed by atoms with Crippen LogP contribution in [0.3, 0.4) is 0 Å². The van der Waals surface area contributed by atoms with E-state index in [4.69, 9.17) is 0 Å². The van der Waals surface area contributed by atoms with Crippen molar-refractivity contribution in [3.63, 3.8) is 0 Å². The molecule has 1 amide bonds. The number of nitro benzene ring substituents is 1. The molecule has 0 atom stereocenters. The Labute approximate surface area is 189 Å². The molecular formula is C21H22N4O5S2. The predicted molar refractivity (Wildman–Crippen MR) is 124 cm³/mol. The van der Waals surface area contributed by atoms with Gasteiger partial charge in [0.25, 0.3) is 11.6 Å². The van der Waals surface area contributed by atoms with E-state index in [9.17, 15) is 23.3 Å². The molecule has 3 rings (SSSR count). The van der Waals surface area contributed by atoms with Gasteiger partial charge in [-0.2, -0.15) is 0 Å². The molecule has 0 saturated carbocycles. The standard InChI is InChI=1S/C21H22N4O5S2/c1-12-6-7-15(9-18(12)25(27)28)17-11-31-21(22-17)23-20(26)16-8-13(2)14(3)19(10-16)32(29,30)24(4)5/h6-11H,1-5H3,(H,22,23,26). The Morgan fingerprint density at radius 2 is 1.81 bits per heavy atom. The summed E-state index contributed by atoms with van der Waals surface area (Å²) in [5.74, 6) is -0.501. The summed E-state index contributed by atoms with van der Waals surface area (Å²) in [6.07, 6.45) is 0. The zero-order valence-electron chi connectivity index (χ0n) is 18.2. The number of nitrogens with zero attached hydrogens (tertiary/aromatic N) is 3. The Morgan fingerprint density at radius 1 is 1.12 bits per heavy atom. The molecule has 0 unspecified atom stereocenters. The number of amides is 1. The van der Waals surface area contributed by atoms with E-state index in [2.05, 4.69) is 10.3 Å². The molecule has 168 valence electrons. The molecule has 0 bridgehead atoms. The first-order chi connectivity index (χ1) is 14.9. The highest BCUT2D eigenvalue weighted by molar-refractivity contribution is 7.89. The topological polar surface area (TPSA) is 123 Å². The molecule has 2 aromatic carbocycles. The maximum atomic E-state index is 12.8. The summed E-state index contributed by atoms with van der Waals surface area (Å²) in [6, 6.07) is 7.79. The third kappa shape index (κ3) is 4.54. The molecule has 0 saturated heterocycles. The molecule has 32 heavy (non-hydrogen) atoms. The number of carbonyl (C=O) groups excluding carboxylic acids is 1. The number of thiazole rings is 1. The lowest BCUT2D eigenvalue weighted by atomic mass is 10.1. The number of anilines is 1. The second-order valence-corrected chi connectivity index (χ2v) is 10.4. The number of sulfonamides is 1. The molecule has 9 nitrogen and oxygen atoms in total. The number of aromatic nitrogens is 1. The van der Waals surface area contributed by atoms with E-state index in [1.165, 1.54) is 37.6 Å². The van der Waals surface area contributed by atoms with E-state index < -0.39 is 20.9 Å². The predicted octanol–water partition coefficient (Wildman–Crippen LogP) is 4.15. The lowest BCUT2D eigenvalue weighted by Gasteiger charge is -2.16. The monoisotopic (exact) mass is 474 g/mol. The number of hydrogen-bond acceptors (Lipinski definition) is 7. The molecule has 0 aliphatic heterocycles. The molecule has 0 fully saturated rings. The van der Waals surface area contributed by atoms with Gasteiger partial charge < -0.3 is 0 Å². The highest BCUT2D eigenvalue weighted by atomic mass is 32.2. The first-order valence-corrected chi connectivity index (χ1v) is 11.8. The quantitative estimate of drug-likeness (QED) is 0.423. The molecule has 11 heteroatoms.